The Labute approximate surface area is 171 Å². The lowest BCUT2D eigenvalue weighted by Crippen LogP contribution is -2.19. The fraction of sp³-hybridized carbons (Fsp3) is 0.0417. The van der Waals surface area contributed by atoms with Gasteiger partial charge in [-0.1, -0.05) is 78.2 Å². The zero-order chi connectivity index (χ0) is 20.5. The van der Waals surface area contributed by atoms with Crippen LogP contribution in [0.1, 0.15) is 16.7 Å². The highest BCUT2D eigenvalue weighted by Gasteiger charge is 2.12. The Kier molecular flexibility index (Phi) is 6.62. The van der Waals surface area contributed by atoms with Crippen LogP contribution in [0.2, 0.25) is 0 Å². The Morgan fingerprint density at radius 3 is 2.17 bits per heavy atom. The van der Waals surface area contributed by atoms with Crippen LogP contribution in [0.4, 0.5) is 0 Å². The molecule has 0 aliphatic rings. The van der Waals surface area contributed by atoms with Gasteiger partial charge in [0.25, 0.3) is 10.0 Å². The molecule has 0 unspecified atom stereocenters. The van der Waals surface area contributed by atoms with Crippen molar-refractivity contribution >= 4 is 21.8 Å². The maximum absolute atomic E-state index is 12.5. The van der Waals surface area contributed by atoms with E-state index in [9.17, 15) is 8.42 Å². The molecular formula is C24H20N2O2S. The van der Waals surface area contributed by atoms with Crippen LogP contribution in [0, 0.1) is 18.8 Å². The molecule has 0 radical (unpaired) electrons. The summed E-state index contributed by atoms with van der Waals surface area (Å²) in [5.41, 5.74) is 3.05. The minimum atomic E-state index is -3.78. The predicted molar refractivity (Wildman–Crippen MR) is 118 cm³/mol. The topological polar surface area (TPSA) is 58.5 Å². The van der Waals surface area contributed by atoms with Gasteiger partial charge < -0.3 is 0 Å². The van der Waals surface area contributed by atoms with Crippen molar-refractivity contribution in [1.82, 2.24) is 4.83 Å². The Morgan fingerprint density at radius 2 is 1.52 bits per heavy atom. The summed E-state index contributed by atoms with van der Waals surface area (Å²) in [6.45, 7) is 1.90. The number of aryl methyl sites for hydroxylation is 1. The lowest BCUT2D eigenvalue weighted by molar-refractivity contribution is 0.584. The number of rotatable bonds is 5. The first-order valence-electron chi connectivity index (χ1n) is 8.99. The fourth-order valence-corrected chi connectivity index (χ4v) is 3.20. The predicted octanol–water partition coefficient (Wildman–Crippen LogP) is 4.39. The van der Waals surface area contributed by atoms with Crippen molar-refractivity contribution in [2.45, 2.75) is 11.8 Å². The Hall–Kier alpha value is -3.62. The number of nitrogens with one attached hydrogen (secondary N) is 1. The monoisotopic (exact) mass is 400 g/mol. The summed E-state index contributed by atoms with van der Waals surface area (Å²) in [4.78, 5) is 2.42. The number of hydrazone groups is 1. The van der Waals surface area contributed by atoms with Crippen molar-refractivity contribution in [2.24, 2.45) is 5.10 Å². The molecule has 3 rings (SSSR count). The lowest BCUT2D eigenvalue weighted by Gasteiger charge is -2.04. The molecule has 0 fully saturated rings. The molecule has 0 aliphatic heterocycles. The van der Waals surface area contributed by atoms with Crippen LogP contribution in [0.3, 0.4) is 0 Å². The van der Waals surface area contributed by atoms with Crippen molar-refractivity contribution in [3.63, 3.8) is 0 Å². The maximum Gasteiger partial charge on any atom is 0.276 e. The molecule has 0 amide bonds. The van der Waals surface area contributed by atoms with Gasteiger partial charge >= 0.3 is 0 Å². The second kappa shape index (κ2) is 9.54. The average Bonchev–Trinajstić information content (AvgIpc) is 2.75. The molecule has 0 aromatic heterocycles. The zero-order valence-corrected chi connectivity index (χ0v) is 16.7. The van der Waals surface area contributed by atoms with Crippen molar-refractivity contribution < 1.29 is 8.42 Å². The van der Waals surface area contributed by atoms with Gasteiger partial charge in [0.1, 0.15) is 5.71 Å². The van der Waals surface area contributed by atoms with Gasteiger partial charge in [-0.3, -0.25) is 0 Å². The van der Waals surface area contributed by atoms with E-state index in [1.165, 1.54) is 0 Å². The first-order chi connectivity index (χ1) is 14.0. The first kappa shape index (κ1) is 20.1. The minimum absolute atomic E-state index is 0.147. The number of nitrogens with zero attached hydrogens (tertiary/aromatic N) is 1. The number of benzene rings is 3. The highest BCUT2D eigenvalue weighted by Crippen LogP contribution is 2.10. The molecule has 5 heteroatoms. The van der Waals surface area contributed by atoms with Crippen LogP contribution in [0.15, 0.2) is 101 Å². The number of hydrogen-bond donors (Lipinski definition) is 1. The summed E-state index contributed by atoms with van der Waals surface area (Å²) in [6.07, 6.45) is 3.52. The van der Waals surface area contributed by atoms with Gasteiger partial charge in [0.15, 0.2) is 0 Å². The van der Waals surface area contributed by atoms with Gasteiger partial charge in [0, 0.05) is 5.56 Å². The second-order valence-electron chi connectivity index (χ2n) is 6.26. The minimum Gasteiger partial charge on any atom is -0.200 e. The van der Waals surface area contributed by atoms with E-state index in [1.54, 1.807) is 30.3 Å². The van der Waals surface area contributed by atoms with E-state index in [4.69, 9.17) is 0 Å². The molecule has 4 nitrogen and oxygen atoms in total. The Bertz CT molecular complexity index is 1170. The smallest absolute Gasteiger partial charge is 0.200 e. The second-order valence-corrected chi connectivity index (χ2v) is 7.93. The van der Waals surface area contributed by atoms with Gasteiger partial charge in [-0.2, -0.15) is 18.4 Å². The van der Waals surface area contributed by atoms with Gasteiger partial charge in [0.2, 0.25) is 0 Å². The molecular weight excluding hydrogens is 380 g/mol. The van der Waals surface area contributed by atoms with Crippen molar-refractivity contribution in [3.8, 4) is 11.8 Å². The molecule has 1 N–H and O–H groups in total. The van der Waals surface area contributed by atoms with E-state index in [1.807, 2.05) is 73.7 Å². The summed E-state index contributed by atoms with van der Waals surface area (Å²) >= 11 is 0. The molecule has 0 heterocycles. The third-order valence-electron chi connectivity index (χ3n) is 3.96. The maximum atomic E-state index is 12.5. The van der Waals surface area contributed by atoms with Crippen LogP contribution >= 0.6 is 0 Å². The summed E-state index contributed by atoms with van der Waals surface area (Å²) in [6, 6.07) is 25.7. The van der Waals surface area contributed by atoms with E-state index in [2.05, 4.69) is 21.8 Å². The lowest BCUT2D eigenvalue weighted by atomic mass is 10.2. The highest BCUT2D eigenvalue weighted by molar-refractivity contribution is 7.89. The highest BCUT2D eigenvalue weighted by atomic mass is 32.2. The Balaban J connectivity index is 1.88. The fourth-order valence-electron chi connectivity index (χ4n) is 2.38. The molecule has 3 aromatic carbocycles. The van der Waals surface area contributed by atoms with Crippen molar-refractivity contribution in [3.05, 3.63) is 108 Å². The molecule has 0 saturated heterocycles. The van der Waals surface area contributed by atoms with E-state index in [-0.39, 0.29) is 4.90 Å². The average molecular weight is 401 g/mol. The van der Waals surface area contributed by atoms with Crippen LogP contribution < -0.4 is 4.83 Å². The molecule has 0 bridgehead atoms. The number of hydrogen-bond acceptors (Lipinski definition) is 3. The molecule has 3 aromatic rings. The van der Waals surface area contributed by atoms with Gasteiger partial charge in [-0.25, -0.2) is 0 Å². The molecule has 29 heavy (non-hydrogen) atoms. The normalized spacial score (nSPS) is 11.7. The summed E-state index contributed by atoms with van der Waals surface area (Å²) in [5.74, 6) is 5.92. The molecule has 144 valence electrons. The van der Waals surface area contributed by atoms with Crippen LogP contribution in [-0.4, -0.2) is 14.1 Å². The Morgan fingerprint density at radius 1 is 0.897 bits per heavy atom. The zero-order valence-electron chi connectivity index (χ0n) is 15.9. The third-order valence-corrected chi connectivity index (χ3v) is 5.18. The standard InChI is InChI=1S/C24H20N2O2S/c1-20-12-18-24(19-13-20)29(27,28)26-25-23(16-14-21-8-4-2-5-9-21)17-15-22-10-6-3-7-11-22/h2-14,16,18-19,26H,1H3. The van der Waals surface area contributed by atoms with E-state index < -0.39 is 10.0 Å². The largest absolute Gasteiger partial charge is 0.276 e. The summed E-state index contributed by atoms with van der Waals surface area (Å²) < 4.78 is 25.0. The van der Waals surface area contributed by atoms with Crippen LogP contribution in [-0.2, 0) is 10.0 Å². The summed E-state index contributed by atoms with van der Waals surface area (Å²) in [7, 11) is -3.78. The van der Waals surface area contributed by atoms with E-state index in [0.717, 1.165) is 16.7 Å². The van der Waals surface area contributed by atoms with Gasteiger partial charge in [-0.15, -0.1) is 0 Å². The molecule has 0 aliphatic carbocycles. The SMILES string of the molecule is Cc1ccc(S(=O)(=O)NN=C(C#Cc2ccccc2)C=Cc2ccccc2)cc1. The van der Waals surface area contributed by atoms with Gasteiger partial charge in [0.05, 0.1) is 4.90 Å². The van der Waals surface area contributed by atoms with Crippen molar-refractivity contribution in [1.29, 1.82) is 0 Å². The quantitative estimate of drug-likeness (QED) is 0.392. The van der Waals surface area contributed by atoms with Crippen molar-refractivity contribution in [2.75, 3.05) is 0 Å². The first-order valence-corrected chi connectivity index (χ1v) is 10.5. The van der Waals surface area contributed by atoms with Crippen LogP contribution in [0.5, 0.6) is 0 Å². The molecule has 0 spiro atoms. The molecule has 0 atom stereocenters. The van der Waals surface area contributed by atoms with Gasteiger partial charge in [-0.05, 0) is 48.7 Å². The summed E-state index contributed by atoms with van der Waals surface area (Å²) in [5, 5.41) is 4.04. The van der Waals surface area contributed by atoms with E-state index in [0.29, 0.717) is 5.71 Å². The molecule has 0 saturated carbocycles. The third kappa shape index (κ3) is 6.20. The number of allylic oxidation sites excluding steroid dienone is 1. The number of sulfonamides is 1. The van der Waals surface area contributed by atoms with Crippen LogP contribution in [0.25, 0.3) is 6.08 Å². The van der Waals surface area contributed by atoms with E-state index >= 15 is 0 Å².